The highest BCUT2D eigenvalue weighted by Crippen LogP contribution is 2.54. The van der Waals surface area contributed by atoms with Crippen LogP contribution < -0.4 is 5.32 Å². The van der Waals surface area contributed by atoms with Crippen molar-refractivity contribution >= 4 is 11.6 Å². The van der Waals surface area contributed by atoms with E-state index in [0.717, 1.165) is 24.2 Å². The van der Waals surface area contributed by atoms with E-state index >= 15 is 0 Å². The molecular weight excluding hydrogens is 238 g/mol. The zero-order valence-electron chi connectivity index (χ0n) is 11.9. The fourth-order valence-electron chi connectivity index (χ4n) is 3.74. The smallest absolute Gasteiger partial charge is 0.227 e. The summed E-state index contributed by atoms with van der Waals surface area (Å²) >= 11 is 0. The van der Waals surface area contributed by atoms with Crippen LogP contribution in [0.2, 0.25) is 0 Å². The van der Waals surface area contributed by atoms with Crippen LogP contribution >= 0.6 is 0 Å². The summed E-state index contributed by atoms with van der Waals surface area (Å²) in [7, 11) is 1.89. The molecule has 1 N–H and O–H groups in total. The van der Waals surface area contributed by atoms with Crippen molar-refractivity contribution in [2.45, 2.75) is 51.9 Å². The van der Waals surface area contributed by atoms with Gasteiger partial charge in [-0.25, -0.2) is 0 Å². The molecule has 0 atom stereocenters. The van der Waals surface area contributed by atoms with Crippen LogP contribution in [0.15, 0.2) is 6.20 Å². The van der Waals surface area contributed by atoms with Gasteiger partial charge in [0.05, 0.1) is 17.6 Å². The van der Waals surface area contributed by atoms with E-state index in [2.05, 4.69) is 10.4 Å². The Labute approximate surface area is 114 Å². The fraction of sp³-hybridized carbons (Fsp3) is 0.733. The van der Waals surface area contributed by atoms with Crippen molar-refractivity contribution in [3.05, 3.63) is 11.9 Å². The van der Waals surface area contributed by atoms with Crippen molar-refractivity contribution in [2.75, 3.05) is 5.32 Å². The second kappa shape index (κ2) is 4.66. The maximum absolute atomic E-state index is 12.2. The summed E-state index contributed by atoms with van der Waals surface area (Å²) in [5.74, 6) is 0.407. The molecule has 0 saturated heterocycles. The molecule has 2 aliphatic carbocycles. The van der Waals surface area contributed by atoms with Gasteiger partial charge in [-0.15, -0.1) is 0 Å². The summed E-state index contributed by atoms with van der Waals surface area (Å²) in [5.41, 5.74) is 2.39. The topological polar surface area (TPSA) is 46.9 Å². The van der Waals surface area contributed by atoms with E-state index < -0.39 is 0 Å². The molecule has 1 spiro atoms. The SMILES string of the molecule is Cc1c(NC(=O)C2CC3(CCCCC3)C2)cnn1C. The molecule has 2 fully saturated rings. The van der Waals surface area contributed by atoms with Crippen LogP contribution in [0.25, 0.3) is 0 Å². The van der Waals surface area contributed by atoms with Crippen LogP contribution in [0.3, 0.4) is 0 Å². The summed E-state index contributed by atoms with van der Waals surface area (Å²) in [4.78, 5) is 12.2. The average molecular weight is 261 g/mol. The number of hydrogen-bond acceptors (Lipinski definition) is 2. The average Bonchev–Trinajstić information content (AvgIpc) is 2.69. The molecule has 4 nitrogen and oxygen atoms in total. The molecule has 104 valence electrons. The molecule has 1 heterocycles. The first kappa shape index (κ1) is 12.7. The Morgan fingerprint density at radius 2 is 2.05 bits per heavy atom. The van der Waals surface area contributed by atoms with Crippen molar-refractivity contribution in [3.63, 3.8) is 0 Å². The van der Waals surface area contributed by atoms with E-state index in [1.54, 1.807) is 10.9 Å². The number of amides is 1. The number of carbonyl (C=O) groups excluding carboxylic acids is 1. The summed E-state index contributed by atoms with van der Waals surface area (Å²) in [6.07, 6.45) is 10.7. The molecule has 0 aliphatic heterocycles. The second-order valence-electron chi connectivity index (χ2n) is 6.42. The van der Waals surface area contributed by atoms with Crippen molar-refractivity contribution in [1.82, 2.24) is 9.78 Å². The molecule has 0 bridgehead atoms. The molecule has 1 amide bonds. The maximum Gasteiger partial charge on any atom is 0.227 e. The van der Waals surface area contributed by atoms with E-state index in [4.69, 9.17) is 0 Å². The van der Waals surface area contributed by atoms with Gasteiger partial charge in [-0.1, -0.05) is 19.3 Å². The van der Waals surface area contributed by atoms with E-state index in [1.165, 1.54) is 32.1 Å². The molecular formula is C15H23N3O. The lowest BCUT2D eigenvalue weighted by Crippen LogP contribution is -2.44. The van der Waals surface area contributed by atoms with Gasteiger partial charge in [-0.3, -0.25) is 9.48 Å². The van der Waals surface area contributed by atoms with Gasteiger partial charge in [-0.2, -0.15) is 5.10 Å². The standard InChI is InChI=1S/C15H23N3O/c1-11-13(10-16-18(11)2)17-14(19)12-8-15(9-12)6-4-3-5-7-15/h10,12H,3-9H2,1-2H3,(H,17,19). The molecule has 1 aromatic heterocycles. The third-order valence-electron chi connectivity index (χ3n) is 5.14. The van der Waals surface area contributed by atoms with Crippen molar-refractivity contribution < 1.29 is 4.79 Å². The number of rotatable bonds is 2. The number of nitrogens with zero attached hydrogens (tertiary/aromatic N) is 2. The fourth-order valence-corrected chi connectivity index (χ4v) is 3.74. The summed E-state index contributed by atoms with van der Waals surface area (Å²) < 4.78 is 1.79. The van der Waals surface area contributed by atoms with Crippen molar-refractivity contribution in [1.29, 1.82) is 0 Å². The quantitative estimate of drug-likeness (QED) is 0.889. The Hall–Kier alpha value is -1.32. The van der Waals surface area contributed by atoms with Gasteiger partial charge in [0.1, 0.15) is 0 Å². The van der Waals surface area contributed by atoms with Crippen LogP contribution in [-0.2, 0) is 11.8 Å². The van der Waals surface area contributed by atoms with Gasteiger partial charge in [0.15, 0.2) is 0 Å². The van der Waals surface area contributed by atoms with Gasteiger partial charge in [0, 0.05) is 13.0 Å². The highest BCUT2D eigenvalue weighted by atomic mass is 16.1. The number of anilines is 1. The Kier molecular flexibility index (Phi) is 3.11. The Balaban J connectivity index is 1.57. The van der Waals surface area contributed by atoms with E-state index in [0.29, 0.717) is 5.41 Å². The van der Waals surface area contributed by atoms with Crippen molar-refractivity contribution in [3.8, 4) is 0 Å². The first-order chi connectivity index (χ1) is 9.10. The Bertz CT molecular complexity index is 478. The monoisotopic (exact) mass is 261 g/mol. The molecule has 19 heavy (non-hydrogen) atoms. The molecule has 1 aromatic rings. The lowest BCUT2D eigenvalue weighted by molar-refractivity contribution is -0.128. The largest absolute Gasteiger partial charge is 0.323 e. The summed E-state index contributed by atoms with van der Waals surface area (Å²) in [6, 6.07) is 0. The third kappa shape index (κ3) is 2.28. The minimum atomic E-state index is 0.187. The van der Waals surface area contributed by atoms with Gasteiger partial charge in [-0.05, 0) is 38.0 Å². The molecule has 2 aliphatic rings. The first-order valence-corrected chi connectivity index (χ1v) is 7.39. The van der Waals surface area contributed by atoms with E-state index in [9.17, 15) is 4.79 Å². The lowest BCUT2D eigenvalue weighted by Gasteiger charge is -2.49. The zero-order valence-corrected chi connectivity index (χ0v) is 11.9. The van der Waals surface area contributed by atoms with Crippen LogP contribution in [0.1, 0.15) is 50.6 Å². The zero-order chi connectivity index (χ0) is 13.5. The minimum Gasteiger partial charge on any atom is -0.323 e. The normalized spacial score (nSPS) is 22.2. The number of aromatic nitrogens is 2. The lowest BCUT2D eigenvalue weighted by atomic mass is 9.55. The number of nitrogens with one attached hydrogen (secondary N) is 1. The number of aryl methyl sites for hydroxylation is 1. The van der Waals surface area contributed by atoms with Crippen LogP contribution in [0.5, 0.6) is 0 Å². The van der Waals surface area contributed by atoms with Gasteiger partial charge >= 0.3 is 0 Å². The minimum absolute atomic E-state index is 0.187. The van der Waals surface area contributed by atoms with E-state index in [-0.39, 0.29) is 11.8 Å². The van der Waals surface area contributed by atoms with Gasteiger partial charge in [0.25, 0.3) is 0 Å². The summed E-state index contributed by atoms with van der Waals surface area (Å²) in [6.45, 7) is 1.98. The predicted octanol–water partition coefficient (Wildman–Crippen LogP) is 3.03. The predicted molar refractivity (Wildman–Crippen MR) is 74.8 cm³/mol. The molecule has 0 aromatic carbocycles. The molecule has 4 heteroatoms. The first-order valence-electron chi connectivity index (χ1n) is 7.39. The maximum atomic E-state index is 12.2. The number of hydrogen-bond donors (Lipinski definition) is 1. The third-order valence-corrected chi connectivity index (χ3v) is 5.14. The highest BCUT2D eigenvalue weighted by Gasteiger charge is 2.47. The molecule has 3 rings (SSSR count). The Morgan fingerprint density at radius 3 is 2.63 bits per heavy atom. The molecule has 0 unspecified atom stereocenters. The Morgan fingerprint density at radius 1 is 1.37 bits per heavy atom. The highest BCUT2D eigenvalue weighted by molar-refractivity contribution is 5.93. The van der Waals surface area contributed by atoms with Gasteiger partial charge < -0.3 is 5.32 Å². The molecule has 2 saturated carbocycles. The second-order valence-corrected chi connectivity index (χ2v) is 6.42. The van der Waals surface area contributed by atoms with Crippen LogP contribution in [0.4, 0.5) is 5.69 Å². The van der Waals surface area contributed by atoms with E-state index in [1.807, 2.05) is 14.0 Å². The van der Waals surface area contributed by atoms with Gasteiger partial charge in [0.2, 0.25) is 5.91 Å². The summed E-state index contributed by atoms with van der Waals surface area (Å²) in [5, 5.41) is 7.19. The molecule has 0 radical (unpaired) electrons. The van der Waals surface area contributed by atoms with Crippen LogP contribution in [-0.4, -0.2) is 15.7 Å². The van der Waals surface area contributed by atoms with Crippen molar-refractivity contribution in [2.24, 2.45) is 18.4 Å². The number of carbonyl (C=O) groups is 1. The van der Waals surface area contributed by atoms with Crippen LogP contribution in [0, 0.1) is 18.3 Å².